The number of carbonyl (C=O) groups excluding carboxylic acids is 1. The fraction of sp³-hybridized carbons (Fsp3) is 0.385. The van der Waals surface area contributed by atoms with E-state index in [2.05, 4.69) is 0 Å². The Balaban J connectivity index is 2.41. The maximum atomic E-state index is 11.3. The second-order valence-electron chi connectivity index (χ2n) is 3.75. The van der Waals surface area contributed by atoms with Gasteiger partial charge >= 0.3 is 5.97 Å². The lowest BCUT2D eigenvalue weighted by Crippen LogP contribution is -2.03. The van der Waals surface area contributed by atoms with Gasteiger partial charge in [0.25, 0.3) is 0 Å². The summed E-state index contributed by atoms with van der Waals surface area (Å²) in [6, 6.07) is 7.05. The number of rotatable bonds is 7. The van der Waals surface area contributed by atoms with E-state index in [0.29, 0.717) is 30.8 Å². The predicted molar refractivity (Wildman–Crippen MR) is 63.4 cm³/mol. The van der Waals surface area contributed by atoms with Crippen LogP contribution in [0.3, 0.4) is 0 Å². The quantitative estimate of drug-likeness (QED) is 0.583. The van der Waals surface area contributed by atoms with E-state index >= 15 is 0 Å². The maximum absolute atomic E-state index is 11.3. The van der Waals surface area contributed by atoms with E-state index in [-0.39, 0.29) is 12.2 Å². The molecule has 1 N–H and O–H groups in total. The number of ketones is 1. The van der Waals surface area contributed by atoms with Gasteiger partial charge in [-0.1, -0.05) is 12.1 Å². The van der Waals surface area contributed by atoms with Gasteiger partial charge in [0.15, 0.2) is 5.78 Å². The number of carboxylic acid groups (broad SMARTS) is 1. The van der Waals surface area contributed by atoms with Crippen LogP contribution >= 0.6 is 0 Å². The molecule has 0 aliphatic heterocycles. The SMILES string of the molecule is CC(=O)c1ccccc1OCCCCC(=O)O. The lowest BCUT2D eigenvalue weighted by Gasteiger charge is -2.08. The molecule has 0 aliphatic rings. The van der Waals surface area contributed by atoms with Crippen LogP contribution in [0.4, 0.5) is 0 Å². The van der Waals surface area contributed by atoms with Crippen LogP contribution in [0.5, 0.6) is 5.75 Å². The van der Waals surface area contributed by atoms with E-state index in [1.165, 1.54) is 6.92 Å². The molecule has 0 saturated heterocycles. The van der Waals surface area contributed by atoms with Crippen molar-refractivity contribution < 1.29 is 19.4 Å². The molecule has 0 aromatic heterocycles. The molecule has 0 amide bonds. The van der Waals surface area contributed by atoms with Crippen molar-refractivity contribution in [3.8, 4) is 5.75 Å². The average Bonchev–Trinajstić information content (AvgIpc) is 2.28. The lowest BCUT2D eigenvalue weighted by molar-refractivity contribution is -0.137. The molecule has 0 bridgehead atoms. The third-order valence-corrected chi connectivity index (χ3v) is 2.31. The van der Waals surface area contributed by atoms with Crippen LogP contribution in [-0.4, -0.2) is 23.5 Å². The van der Waals surface area contributed by atoms with Crippen LogP contribution in [0.25, 0.3) is 0 Å². The maximum Gasteiger partial charge on any atom is 0.303 e. The number of aliphatic carboxylic acids is 1. The number of benzene rings is 1. The minimum Gasteiger partial charge on any atom is -0.493 e. The Labute approximate surface area is 100 Å². The van der Waals surface area contributed by atoms with Crippen LogP contribution in [-0.2, 0) is 4.79 Å². The standard InChI is InChI=1S/C13H16O4/c1-10(14)11-6-2-3-7-12(11)17-9-5-4-8-13(15)16/h2-3,6-7H,4-5,8-9H2,1H3,(H,15,16). The Morgan fingerprint density at radius 2 is 1.94 bits per heavy atom. The minimum absolute atomic E-state index is 0.0360. The number of ether oxygens (including phenoxy) is 1. The number of hydrogen-bond donors (Lipinski definition) is 1. The number of para-hydroxylation sites is 1. The molecule has 4 nitrogen and oxygen atoms in total. The van der Waals surface area contributed by atoms with E-state index in [9.17, 15) is 9.59 Å². The van der Waals surface area contributed by atoms with Crippen molar-refractivity contribution >= 4 is 11.8 Å². The first-order valence-electron chi connectivity index (χ1n) is 5.56. The molecule has 0 atom stereocenters. The van der Waals surface area contributed by atoms with Gasteiger partial charge in [-0.3, -0.25) is 9.59 Å². The number of Topliss-reactive ketones (excluding diaryl/α,β-unsaturated/α-hetero) is 1. The van der Waals surface area contributed by atoms with Gasteiger partial charge in [0.05, 0.1) is 12.2 Å². The van der Waals surface area contributed by atoms with Gasteiger partial charge in [0.2, 0.25) is 0 Å². The second-order valence-corrected chi connectivity index (χ2v) is 3.75. The highest BCUT2D eigenvalue weighted by Crippen LogP contribution is 2.18. The summed E-state index contributed by atoms with van der Waals surface area (Å²) in [5.74, 6) is -0.268. The first-order chi connectivity index (χ1) is 8.11. The van der Waals surface area contributed by atoms with Crippen LogP contribution in [0.15, 0.2) is 24.3 Å². The smallest absolute Gasteiger partial charge is 0.303 e. The molecule has 4 heteroatoms. The zero-order valence-corrected chi connectivity index (χ0v) is 9.81. The van der Waals surface area contributed by atoms with Gasteiger partial charge in [-0.2, -0.15) is 0 Å². The zero-order valence-electron chi connectivity index (χ0n) is 9.81. The molecule has 0 saturated carbocycles. The van der Waals surface area contributed by atoms with Gasteiger partial charge in [-0.15, -0.1) is 0 Å². The molecule has 1 aromatic rings. The number of hydrogen-bond acceptors (Lipinski definition) is 3. The monoisotopic (exact) mass is 236 g/mol. The van der Waals surface area contributed by atoms with Crippen molar-refractivity contribution in [3.05, 3.63) is 29.8 Å². The predicted octanol–water partition coefficient (Wildman–Crippen LogP) is 2.52. The molecule has 1 aromatic carbocycles. The number of carbonyl (C=O) groups is 2. The molecular formula is C13H16O4. The summed E-state index contributed by atoms with van der Waals surface area (Å²) in [7, 11) is 0. The van der Waals surface area contributed by atoms with Crippen LogP contribution in [0, 0.1) is 0 Å². The number of unbranched alkanes of at least 4 members (excludes halogenated alkanes) is 1. The Hall–Kier alpha value is -1.84. The summed E-state index contributed by atoms with van der Waals surface area (Å²) >= 11 is 0. The molecule has 17 heavy (non-hydrogen) atoms. The van der Waals surface area contributed by atoms with Gasteiger partial charge in [-0.05, 0) is 31.9 Å². The summed E-state index contributed by atoms with van der Waals surface area (Å²) in [6.45, 7) is 1.92. The third-order valence-electron chi connectivity index (χ3n) is 2.31. The van der Waals surface area contributed by atoms with Crippen molar-refractivity contribution in [2.24, 2.45) is 0 Å². The molecular weight excluding hydrogens is 220 g/mol. The van der Waals surface area contributed by atoms with Crippen molar-refractivity contribution in [1.29, 1.82) is 0 Å². The Morgan fingerprint density at radius 3 is 2.59 bits per heavy atom. The molecule has 92 valence electrons. The van der Waals surface area contributed by atoms with Crippen LogP contribution in [0.1, 0.15) is 36.5 Å². The van der Waals surface area contributed by atoms with E-state index in [0.717, 1.165) is 0 Å². The Bertz CT molecular complexity index is 398. The minimum atomic E-state index is -0.797. The highest BCUT2D eigenvalue weighted by Gasteiger charge is 2.06. The van der Waals surface area contributed by atoms with Gasteiger partial charge < -0.3 is 9.84 Å². The summed E-state index contributed by atoms with van der Waals surface area (Å²) in [6.07, 6.45) is 1.40. The van der Waals surface area contributed by atoms with Gasteiger partial charge in [0.1, 0.15) is 5.75 Å². The fourth-order valence-corrected chi connectivity index (χ4v) is 1.44. The van der Waals surface area contributed by atoms with Gasteiger partial charge in [0, 0.05) is 6.42 Å². The Kier molecular flexibility index (Phi) is 5.20. The molecule has 1 rings (SSSR count). The van der Waals surface area contributed by atoms with E-state index < -0.39 is 5.97 Å². The van der Waals surface area contributed by atoms with Gasteiger partial charge in [-0.25, -0.2) is 0 Å². The summed E-state index contributed by atoms with van der Waals surface area (Å²) in [4.78, 5) is 21.6. The van der Waals surface area contributed by atoms with Crippen molar-refractivity contribution in [2.75, 3.05) is 6.61 Å². The molecule has 0 radical (unpaired) electrons. The molecule has 0 heterocycles. The average molecular weight is 236 g/mol. The first kappa shape index (κ1) is 13.2. The van der Waals surface area contributed by atoms with Crippen LogP contribution in [0.2, 0.25) is 0 Å². The highest BCUT2D eigenvalue weighted by atomic mass is 16.5. The van der Waals surface area contributed by atoms with Crippen LogP contribution < -0.4 is 4.74 Å². The normalized spacial score (nSPS) is 9.94. The molecule has 0 unspecified atom stereocenters. The van der Waals surface area contributed by atoms with E-state index in [1.54, 1.807) is 24.3 Å². The topological polar surface area (TPSA) is 63.6 Å². The Morgan fingerprint density at radius 1 is 1.24 bits per heavy atom. The first-order valence-corrected chi connectivity index (χ1v) is 5.56. The van der Waals surface area contributed by atoms with Crippen molar-refractivity contribution in [2.45, 2.75) is 26.2 Å². The third kappa shape index (κ3) is 4.68. The van der Waals surface area contributed by atoms with E-state index in [4.69, 9.17) is 9.84 Å². The van der Waals surface area contributed by atoms with Crippen molar-refractivity contribution in [1.82, 2.24) is 0 Å². The number of carboxylic acids is 1. The summed E-state index contributed by atoms with van der Waals surface area (Å²) in [5, 5.41) is 8.46. The zero-order chi connectivity index (χ0) is 12.7. The van der Waals surface area contributed by atoms with Crippen molar-refractivity contribution in [3.63, 3.8) is 0 Å². The summed E-state index contributed by atoms with van der Waals surface area (Å²) in [5.41, 5.74) is 0.561. The molecule has 0 fully saturated rings. The highest BCUT2D eigenvalue weighted by molar-refractivity contribution is 5.96. The molecule has 0 spiro atoms. The fourth-order valence-electron chi connectivity index (χ4n) is 1.44. The van der Waals surface area contributed by atoms with E-state index in [1.807, 2.05) is 0 Å². The largest absolute Gasteiger partial charge is 0.493 e. The molecule has 0 aliphatic carbocycles. The lowest BCUT2D eigenvalue weighted by atomic mass is 10.1. The second kappa shape index (κ2) is 6.68. The summed E-state index contributed by atoms with van der Waals surface area (Å²) < 4.78 is 5.47.